The van der Waals surface area contributed by atoms with Crippen molar-refractivity contribution in [1.82, 2.24) is 9.38 Å². The van der Waals surface area contributed by atoms with E-state index in [1.54, 1.807) is 18.2 Å². The standard InChI is InChI=1S/C31H32N4O3/c1-20(2)38-29-12-11-25(17-26(29)18-32)28(36)16-23(8-13-30(33)37)15-22-6-9-24(10-7-22)27-19-35-14-4-5-21(3)31(35)34-27/h4-7,9-12,14,17,19-20,23H,8,13,15-16H2,1-3H3,(H2,33,37)/t23-/m1/s1. The molecule has 0 bridgehead atoms. The number of carbonyl (C=O) groups is 2. The SMILES string of the molecule is Cc1cccn2cc(-c3ccc(C[C@@H](CCC(N)=O)CC(=O)c4ccc(OC(C)C)c(C#N)c4)cc3)nc12. The number of benzene rings is 2. The van der Waals surface area contributed by atoms with Crippen LogP contribution in [0.5, 0.6) is 5.75 Å². The molecular formula is C31H32N4O3. The highest BCUT2D eigenvalue weighted by molar-refractivity contribution is 5.96. The van der Waals surface area contributed by atoms with Gasteiger partial charge in [-0.3, -0.25) is 9.59 Å². The highest BCUT2D eigenvalue weighted by atomic mass is 16.5. The number of hydrogen-bond donors (Lipinski definition) is 1. The third kappa shape index (κ3) is 6.46. The Labute approximate surface area is 222 Å². The smallest absolute Gasteiger partial charge is 0.217 e. The van der Waals surface area contributed by atoms with Crippen molar-refractivity contribution in [2.75, 3.05) is 0 Å². The molecule has 4 rings (SSSR count). The Balaban J connectivity index is 1.49. The van der Waals surface area contributed by atoms with E-state index in [0.29, 0.717) is 29.7 Å². The molecule has 2 heterocycles. The Morgan fingerprint density at radius 1 is 1.13 bits per heavy atom. The number of rotatable bonds is 11. The molecule has 2 aromatic heterocycles. The Hall–Kier alpha value is -4.44. The maximum absolute atomic E-state index is 13.2. The van der Waals surface area contributed by atoms with Crippen molar-refractivity contribution in [1.29, 1.82) is 5.26 Å². The number of Topliss-reactive ketones (excluding diaryl/α,β-unsaturated/α-hetero) is 1. The van der Waals surface area contributed by atoms with Crippen molar-refractivity contribution in [2.45, 2.75) is 52.6 Å². The molecule has 0 saturated heterocycles. The summed E-state index contributed by atoms with van der Waals surface area (Å²) in [6, 6.07) is 19.2. The molecule has 0 aliphatic carbocycles. The molecule has 0 aliphatic rings. The van der Waals surface area contributed by atoms with Gasteiger partial charge in [-0.05, 0) is 74.9 Å². The summed E-state index contributed by atoms with van der Waals surface area (Å²) in [5.41, 5.74) is 11.2. The molecular weight excluding hydrogens is 476 g/mol. The van der Waals surface area contributed by atoms with Crippen LogP contribution in [0, 0.1) is 24.2 Å². The van der Waals surface area contributed by atoms with Crippen LogP contribution < -0.4 is 10.5 Å². The highest BCUT2D eigenvalue weighted by Gasteiger charge is 2.19. The number of nitrogens with zero attached hydrogens (tertiary/aromatic N) is 3. The topological polar surface area (TPSA) is 110 Å². The molecule has 2 N–H and O–H groups in total. The Morgan fingerprint density at radius 3 is 2.55 bits per heavy atom. The number of nitriles is 1. The van der Waals surface area contributed by atoms with E-state index in [0.717, 1.165) is 28.0 Å². The number of primary amides is 1. The molecule has 7 heteroatoms. The van der Waals surface area contributed by atoms with E-state index in [4.69, 9.17) is 15.5 Å². The van der Waals surface area contributed by atoms with Crippen LogP contribution in [-0.2, 0) is 11.2 Å². The van der Waals surface area contributed by atoms with Crippen LogP contribution in [0.3, 0.4) is 0 Å². The van der Waals surface area contributed by atoms with Gasteiger partial charge in [0.25, 0.3) is 0 Å². The molecule has 1 atom stereocenters. The van der Waals surface area contributed by atoms with E-state index >= 15 is 0 Å². The first-order valence-electron chi connectivity index (χ1n) is 12.8. The molecule has 4 aromatic rings. The van der Waals surface area contributed by atoms with Crippen molar-refractivity contribution >= 4 is 17.3 Å². The van der Waals surface area contributed by atoms with E-state index < -0.39 is 0 Å². The lowest BCUT2D eigenvalue weighted by Gasteiger charge is -2.17. The van der Waals surface area contributed by atoms with Crippen LogP contribution in [0.2, 0.25) is 0 Å². The number of nitrogens with two attached hydrogens (primary N) is 1. The van der Waals surface area contributed by atoms with Gasteiger partial charge in [0.15, 0.2) is 5.78 Å². The number of carbonyl (C=O) groups excluding carboxylic acids is 2. The monoisotopic (exact) mass is 508 g/mol. The third-order valence-corrected chi connectivity index (χ3v) is 6.51. The van der Waals surface area contributed by atoms with Crippen LogP contribution in [-0.4, -0.2) is 27.2 Å². The van der Waals surface area contributed by atoms with E-state index in [2.05, 4.69) is 6.07 Å². The fourth-order valence-corrected chi connectivity index (χ4v) is 4.59. The van der Waals surface area contributed by atoms with Crippen LogP contribution >= 0.6 is 0 Å². The van der Waals surface area contributed by atoms with E-state index in [1.165, 1.54) is 0 Å². The highest BCUT2D eigenvalue weighted by Crippen LogP contribution is 2.26. The summed E-state index contributed by atoms with van der Waals surface area (Å²) in [5.74, 6) is -0.0772. The predicted molar refractivity (Wildman–Crippen MR) is 147 cm³/mol. The number of aryl methyl sites for hydroxylation is 1. The zero-order valence-corrected chi connectivity index (χ0v) is 22.0. The lowest BCUT2D eigenvalue weighted by Crippen LogP contribution is -2.17. The van der Waals surface area contributed by atoms with Crippen molar-refractivity contribution in [3.63, 3.8) is 0 Å². The average molecular weight is 509 g/mol. The fraction of sp³-hybridized carbons (Fsp3) is 0.290. The van der Waals surface area contributed by atoms with Crippen molar-refractivity contribution in [2.24, 2.45) is 11.7 Å². The minimum Gasteiger partial charge on any atom is -0.490 e. The van der Waals surface area contributed by atoms with Gasteiger partial charge in [0.1, 0.15) is 17.5 Å². The number of imidazole rings is 1. The maximum Gasteiger partial charge on any atom is 0.217 e. The average Bonchev–Trinajstić information content (AvgIpc) is 3.33. The normalized spacial score (nSPS) is 11.9. The van der Waals surface area contributed by atoms with Gasteiger partial charge in [-0.25, -0.2) is 4.98 Å². The second-order valence-electron chi connectivity index (χ2n) is 9.94. The number of fused-ring (bicyclic) bond motifs is 1. The second-order valence-corrected chi connectivity index (χ2v) is 9.94. The van der Waals surface area contributed by atoms with Gasteiger partial charge in [-0.1, -0.05) is 30.3 Å². The number of hydrogen-bond acceptors (Lipinski definition) is 5. The minimum absolute atomic E-state index is 0.0733. The summed E-state index contributed by atoms with van der Waals surface area (Å²) in [5, 5.41) is 9.52. The van der Waals surface area contributed by atoms with E-state index in [-0.39, 0.29) is 36.6 Å². The summed E-state index contributed by atoms with van der Waals surface area (Å²) in [7, 11) is 0. The van der Waals surface area contributed by atoms with Gasteiger partial charge in [0, 0.05) is 36.4 Å². The van der Waals surface area contributed by atoms with Gasteiger partial charge in [0.05, 0.1) is 17.4 Å². The third-order valence-electron chi connectivity index (χ3n) is 6.51. The largest absolute Gasteiger partial charge is 0.490 e. The zero-order chi connectivity index (χ0) is 27.2. The molecule has 7 nitrogen and oxygen atoms in total. The van der Waals surface area contributed by atoms with Gasteiger partial charge in [0.2, 0.25) is 5.91 Å². The minimum atomic E-state index is -0.387. The number of pyridine rings is 1. The van der Waals surface area contributed by atoms with Gasteiger partial charge in [-0.2, -0.15) is 5.26 Å². The Morgan fingerprint density at radius 2 is 1.89 bits per heavy atom. The molecule has 0 radical (unpaired) electrons. The number of ketones is 1. The zero-order valence-electron chi connectivity index (χ0n) is 22.0. The lowest BCUT2D eigenvalue weighted by atomic mass is 9.88. The van der Waals surface area contributed by atoms with Crippen LogP contribution in [0.1, 0.15) is 60.2 Å². The predicted octanol–water partition coefficient (Wildman–Crippen LogP) is 5.67. The first-order chi connectivity index (χ1) is 18.2. The summed E-state index contributed by atoms with van der Waals surface area (Å²) >= 11 is 0. The number of aromatic nitrogens is 2. The summed E-state index contributed by atoms with van der Waals surface area (Å²) in [4.78, 5) is 29.4. The van der Waals surface area contributed by atoms with Gasteiger partial charge < -0.3 is 14.9 Å². The fourth-order valence-electron chi connectivity index (χ4n) is 4.59. The molecule has 0 aliphatic heterocycles. The van der Waals surface area contributed by atoms with E-state index in [1.807, 2.05) is 74.0 Å². The first kappa shape index (κ1) is 26.6. The maximum atomic E-state index is 13.2. The molecule has 0 unspecified atom stereocenters. The van der Waals surface area contributed by atoms with E-state index in [9.17, 15) is 14.9 Å². The van der Waals surface area contributed by atoms with Crippen molar-refractivity contribution in [3.8, 4) is 23.1 Å². The van der Waals surface area contributed by atoms with Gasteiger partial charge in [-0.15, -0.1) is 0 Å². The Bertz CT molecular complexity index is 1500. The van der Waals surface area contributed by atoms with Gasteiger partial charge >= 0.3 is 0 Å². The van der Waals surface area contributed by atoms with Crippen LogP contribution in [0.25, 0.3) is 16.9 Å². The number of amides is 1. The van der Waals surface area contributed by atoms with Crippen molar-refractivity contribution < 1.29 is 14.3 Å². The molecule has 0 fully saturated rings. The summed E-state index contributed by atoms with van der Waals surface area (Å²) in [6.45, 7) is 5.81. The lowest BCUT2D eigenvalue weighted by molar-refractivity contribution is -0.118. The molecule has 194 valence electrons. The molecule has 2 aromatic carbocycles. The quantitative estimate of drug-likeness (QED) is 0.263. The molecule has 0 spiro atoms. The summed E-state index contributed by atoms with van der Waals surface area (Å²) in [6.07, 6.45) is 5.51. The van der Waals surface area contributed by atoms with Crippen LogP contribution in [0.15, 0.2) is 67.0 Å². The second kappa shape index (κ2) is 11.7. The molecule has 38 heavy (non-hydrogen) atoms. The Kier molecular flexibility index (Phi) is 8.22. The first-order valence-corrected chi connectivity index (χ1v) is 12.8. The molecule has 0 saturated carbocycles. The summed E-state index contributed by atoms with van der Waals surface area (Å²) < 4.78 is 7.69. The van der Waals surface area contributed by atoms with Crippen molar-refractivity contribution in [3.05, 3.63) is 89.2 Å². The molecule has 1 amide bonds. The van der Waals surface area contributed by atoms with Crippen LogP contribution in [0.4, 0.5) is 0 Å². The number of ether oxygens (including phenoxy) is 1.